The van der Waals surface area contributed by atoms with E-state index < -0.39 is 0 Å². The van der Waals surface area contributed by atoms with E-state index in [0.717, 1.165) is 18.4 Å². The second-order valence-electron chi connectivity index (χ2n) is 5.84. The average molecular weight is 261 g/mol. The highest BCUT2D eigenvalue weighted by Crippen LogP contribution is 2.25. The summed E-state index contributed by atoms with van der Waals surface area (Å²) in [5.74, 6) is 1.81. The molecular weight excluding hydrogens is 232 g/mol. The second-order valence-corrected chi connectivity index (χ2v) is 5.84. The van der Waals surface area contributed by atoms with Gasteiger partial charge in [0.2, 0.25) is 0 Å². The van der Waals surface area contributed by atoms with Crippen molar-refractivity contribution in [1.29, 1.82) is 0 Å². The first kappa shape index (κ1) is 15.3. The molecular formula is C14H29ClN2. The van der Waals surface area contributed by atoms with Gasteiger partial charge in [-0.2, -0.15) is 0 Å². The molecule has 0 atom stereocenters. The molecule has 1 heterocycles. The Morgan fingerprint density at radius 1 is 0.824 bits per heavy atom. The van der Waals surface area contributed by atoms with E-state index in [2.05, 4.69) is 4.90 Å². The minimum absolute atomic E-state index is 0. The third-order valence-corrected chi connectivity index (χ3v) is 4.53. The van der Waals surface area contributed by atoms with Gasteiger partial charge in [0, 0.05) is 6.54 Å². The standard InChI is InChI=1S/C14H28N2.ClH/c15-11-13-7-9-16(10-8-13)12-14-5-3-1-2-4-6-14;/h13-14H,1-12,15H2;1H. The number of likely N-dealkylation sites (tertiary alicyclic amines) is 1. The largest absolute Gasteiger partial charge is 0.330 e. The Hall–Kier alpha value is 0.210. The molecule has 0 amide bonds. The molecule has 0 bridgehead atoms. The molecule has 102 valence electrons. The third kappa shape index (κ3) is 5.15. The van der Waals surface area contributed by atoms with Gasteiger partial charge < -0.3 is 10.6 Å². The van der Waals surface area contributed by atoms with Gasteiger partial charge in [0.1, 0.15) is 0 Å². The van der Waals surface area contributed by atoms with E-state index in [-0.39, 0.29) is 12.4 Å². The van der Waals surface area contributed by atoms with E-state index in [4.69, 9.17) is 5.73 Å². The molecule has 1 aliphatic carbocycles. The quantitative estimate of drug-likeness (QED) is 0.791. The van der Waals surface area contributed by atoms with Crippen molar-refractivity contribution < 1.29 is 0 Å². The minimum Gasteiger partial charge on any atom is -0.330 e. The summed E-state index contributed by atoms with van der Waals surface area (Å²) in [5, 5.41) is 0. The molecule has 2 fully saturated rings. The normalized spacial score (nSPS) is 25.2. The molecule has 2 rings (SSSR count). The lowest BCUT2D eigenvalue weighted by Crippen LogP contribution is -2.38. The first-order chi connectivity index (χ1) is 7.88. The molecule has 0 aromatic heterocycles. The van der Waals surface area contributed by atoms with Gasteiger partial charge in [-0.05, 0) is 57.2 Å². The molecule has 1 saturated carbocycles. The van der Waals surface area contributed by atoms with Gasteiger partial charge in [0.15, 0.2) is 0 Å². The zero-order valence-electron chi connectivity index (χ0n) is 11.1. The molecule has 17 heavy (non-hydrogen) atoms. The number of hydrogen-bond donors (Lipinski definition) is 1. The zero-order chi connectivity index (χ0) is 11.2. The predicted octanol–water partition coefficient (Wildman–Crippen LogP) is 3.05. The topological polar surface area (TPSA) is 29.3 Å². The molecule has 2 nitrogen and oxygen atoms in total. The van der Waals surface area contributed by atoms with E-state index in [0.29, 0.717) is 0 Å². The Labute approximate surface area is 113 Å². The maximum absolute atomic E-state index is 5.74. The van der Waals surface area contributed by atoms with E-state index >= 15 is 0 Å². The van der Waals surface area contributed by atoms with Gasteiger partial charge in [0.25, 0.3) is 0 Å². The molecule has 2 N–H and O–H groups in total. The van der Waals surface area contributed by atoms with Gasteiger partial charge in [-0.25, -0.2) is 0 Å². The van der Waals surface area contributed by atoms with Crippen LogP contribution in [0.3, 0.4) is 0 Å². The number of halogens is 1. The van der Waals surface area contributed by atoms with Crippen molar-refractivity contribution in [2.24, 2.45) is 17.6 Å². The highest BCUT2D eigenvalue weighted by molar-refractivity contribution is 5.85. The van der Waals surface area contributed by atoms with Crippen LogP contribution in [0, 0.1) is 11.8 Å². The van der Waals surface area contributed by atoms with Crippen molar-refractivity contribution in [3.8, 4) is 0 Å². The lowest BCUT2D eigenvalue weighted by atomic mass is 9.94. The Balaban J connectivity index is 0.00000144. The van der Waals surface area contributed by atoms with Crippen molar-refractivity contribution in [2.45, 2.75) is 51.4 Å². The fourth-order valence-electron chi connectivity index (χ4n) is 3.32. The van der Waals surface area contributed by atoms with Crippen LogP contribution >= 0.6 is 12.4 Å². The fourth-order valence-corrected chi connectivity index (χ4v) is 3.32. The Morgan fingerprint density at radius 3 is 1.94 bits per heavy atom. The summed E-state index contributed by atoms with van der Waals surface area (Å²) >= 11 is 0. The monoisotopic (exact) mass is 260 g/mol. The van der Waals surface area contributed by atoms with Crippen molar-refractivity contribution in [2.75, 3.05) is 26.2 Å². The van der Waals surface area contributed by atoms with E-state index in [1.165, 1.54) is 71.0 Å². The van der Waals surface area contributed by atoms with E-state index in [9.17, 15) is 0 Å². The predicted molar refractivity (Wildman–Crippen MR) is 76.7 cm³/mol. The highest BCUT2D eigenvalue weighted by atomic mass is 35.5. The molecule has 1 saturated heterocycles. The second kappa shape index (κ2) is 8.34. The molecule has 1 aliphatic heterocycles. The van der Waals surface area contributed by atoms with Crippen LogP contribution in [0.1, 0.15) is 51.4 Å². The Morgan fingerprint density at radius 2 is 1.41 bits per heavy atom. The lowest BCUT2D eigenvalue weighted by molar-refractivity contribution is 0.157. The van der Waals surface area contributed by atoms with Crippen LogP contribution in [0.25, 0.3) is 0 Å². The summed E-state index contributed by atoms with van der Waals surface area (Å²) in [4.78, 5) is 2.70. The fraction of sp³-hybridized carbons (Fsp3) is 1.00. The van der Waals surface area contributed by atoms with Gasteiger partial charge in [-0.3, -0.25) is 0 Å². The van der Waals surface area contributed by atoms with Crippen LogP contribution in [0.4, 0.5) is 0 Å². The number of hydrogen-bond acceptors (Lipinski definition) is 2. The van der Waals surface area contributed by atoms with Gasteiger partial charge >= 0.3 is 0 Å². The summed E-state index contributed by atoms with van der Waals surface area (Å²) < 4.78 is 0. The smallest absolute Gasteiger partial charge is 0.000966 e. The first-order valence-electron chi connectivity index (χ1n) is 7.31. The Bertz CT molecular complexity index is 183. The molecule has 0 spiro atoms. The summed E-state index contributed by atoms with van der Waals surface area (Å²) in [7, 11) is 0. The van der Waals surface area contributed by atoms with Gasteiger partial charge in [0.05, 0.1) is 0 Å². The van der Waals surface area contributed by atoms with Crippen LogP contribution < -0.4 is 5.73 Å². The number of piperidine rings is 1. The average Bonchev–Trinajstić information content (AvgIpc) is 2.59. The number of nitrogens with zero attached hydrogens (tertiary/aromatic N) is 1. The lowest BCUT2D eigenvalue weighted by Gasteiger charge is -2.33. The Kier molecular flexibility index (Phi) is 7.49. The van der Waals surface area contributed by atoms with Gasteiger partial charge in [-0.1, -0.05) is 25.7 Å². The van der Waals surface area contributed by atoms with Crippen molar-refractivity contribution in [3.05, 3.63) is 0 Å². The minimum atomic E-state index is 0. The van der Waals surface area contributed by atoms with Crippen molar-refractivity contribution in [1.82, 2.24) is 4.90 Å². The zero-order valence-corrected chi connectivity index (χ0v) is 11.9. The molecule has 0 aromatic carbocycles. The number of rotatable bonds is 3. The molecule has 3 heteroatoms. The summed E-state index contributed by atoms with van der Waals surface area (Å²) in [6.45, 7) is 4.88. The van der Waals surface area contributed by atoms with E-state index in [1.807, 2.05) is 0 Å². The summed E-state index contributed by atoms with van der Waals surface area (Å²) in [5.41, 5.74) is 5.74. The van der Waals surface area contributed by atoms with Crippen molar-refractivity contribution in [3.63, 3.8) is 0 Å². The maximum Gasteiger partial charge on any atom is 0.000966 e. The van der Waals surface area contributed by atoms with Crippen LogP contribution in [0.2, 0.25) is 0 Å². The van der Waals surface area contributed by atoms with Crippen LogP contribution in [0.15, 0.2) is 0 Å². The molecule has 0 unspecified atom stereocenters. The summed E-state index contributed by atoms with van der Waals surface area (Å²) in [6, 6.07) is 0. The third-order valence-electron chi connectivity index (χ3n) is 4.53. The highest BCUT2D eigenvalue weighted by Gasteiger charge is 2.21. The van der Waals surface area contributed by atoms with Crippen LogP contribution in [-0.4, -0.2) is 31.1 Å². The number of nitrogens with two attached hydrogens (primary N) is 1. The molecule has 0 radical (unpaired) electrons. The van der Waals surface area contributed by atoms with Gasteiger partial charge in [-0.15, -0.1) is 12.4 Å². The maximum atomic E-state index is 5.74. The van der Waals surface area contributed by atoms with E-state index in [1.54, 1.807) is 0 Å². The summed E-state index contributed by atoms with van der Waals surface area (Å²) in [6.07, 6.45) is 11.5. The SMILES string of the molecule is Cl.NCC1CCN(CC2CCCCCC2)CC1. The molecule has 2 aliphatic rings. The van der Waals surface area contributed by atoms with Crippen LogP contribution in [-0.2, 0) is 0 Å². The first-order valence-corrected chi connectivity index (χ1v) is 7.31. The molecule has 0 aromatic rings. The van der Waals surface area contributed by atoms with Crippen LogP contribution in [0.5, 0.6) is 0 Å². The van der Waals surface area contributed by atoms with Crippen molar-refractivity contribution >= 4 is 12.4 Å².